The van der Waals surface area contributed by atoms with Gasteiger partial charge in [0.2, 0.25) is 0 Å². The number of aliphatic hydroxyl groups excluding tert-OH is 1. The molecule has 1 unspecified atom stereocenters. The molecule has 5 atom stereocenters. The molecule has 0 aliphatic carbocycles. The fraction of sp³-hybridized carbons (Fsp3) is 1.00. The minimum absolute atomic E-state index is 0.0741. The van der Waals surface area contributed by atoms with Crippen molar-refractivity contribution in [3.8, 4) is 0 Å². The normalized spacial score (nSPS) is 39.0. The Hall–Kier alpha value is -1.00. The van der Waals surface area contributed by atoms with Gasteiger partial charge < -0.3 is 25.4 Å². The van der Waals surface area contributed by atoms with Crippen molar-refractivity contribution in [1.29, 1.82) is 0 Å². The molecule has 0 aromatic heterocycles. The molecule has 2 heterocycles. The Bertz CT molecular complexity index is 342. The topological polar surface area (TPSA) is 137 Å². The molecule has 9 heteroatoms. The van der Waals surface area contributed by atoms with E-state index in [4.69, 9.17) is 15.2 Å². The summed E-state index contributed by atoms with van der Waals surface area (Å²) in [4.78, 5) is 14.2. The van der Waals surface area contributed by atoms with Gasteiger partial charge in [0.05, 0.1) is 13.2 Å². The lowest BCUT2D eigenvalue weighted by atomic mass is 9.90. The number of ether oxygens (including phenoxy) is 2. The van der Waals surface area contributed by atoms with Crippen LogP contribution in [0.1, 0.15) is 19.3 Å². The van der Waals surface area contributed by atoms with Crippen LogP contribution in [0.5, 0.6) is 0 Å². The highest BCUT2D eigenvalue weighted by molar-refractivity contribution is 5.03. The molecule has 0 saturated carbocycles. The zero-order valence-corrected chi connectivity index (χ0v) is 10.3. The van der Waals surface area contributed by atoms with Crippen LogP contribution >= 0.6 is 0 Å². The highest BCUT2D eigenvalue weighted by Crippen LogP contribution is 2.37. The molecule has 2 aliphatic rings. The third-order valence-electron chi connectivity index (χ3n) is 3.50. The predicted molar refractivity (Wildman–Crippen MR) is 60.3 cm³/mol. The Morgan fingerprint density at radius 1 is 1.58 bits per heavy atom. The van der Waals surface area contributed by atoms with Gasteiger partial charge in [-0.15, -0.1) is 10.1 Å². The van der Waals surface area contributed by atoms with E-state index in [0.717, 1.165) is 0 Å². The molecule has 2 aliphatic heterocycles. The zero-order valence-electron chi connectivity index (χ0n) is 10.3. The summed E-state index contributed by atoms with van der Waals surface area (Å²) in [6, 6.07) is 0. The lowest BCUT2D eigenvalue weighted by Crippen LogP contribution is -2.44. The fourth-order valence-electron chi connectivity index (χ4n) is 2.56. The quantitative estimate of drug-likeness (QED) is 0.304. The number of fused-ring (bicyclic) bond motifs is 1. The third kappa shape index (κ3) is 3.12. The van der Waals surface area contributed by atoms with Gasteiger partial charge in [0.1, 0.15) is 23.9 Å². The average molecular weight is 278 g/mol. The molecule has 0 aromatic carbocycles. The van der Waals surface area contributed by atoms with Gasteiger partial charge >= 0.3 is 0 Å². The molecule has 2 fully saturated rings. The largest absolute Gasteiger partial charge is 0.388 e. The molecule has 9 nitrogen and oxygen atoms in total. The van der Waals surface area contributed by atoms with Crippen molar-refractivity contribution in [2.75, 3.05) is 13.2 Å². The number of hydrogen-bond acceptors (Lipinski definition) is 8. The Labute approximate surface area is 109 Å². The van der Waals surface area contributed by atoms with E-state index in [0.29, 0.717) is 12.8 Å². The second kappa shape index (κ2) is 5.55. The summed E-state index contributed by atoms with van der Waals surface area (Å²) in [7, 11) is 0. The molecule has 110 valence electrons. The van der Waals surface area contributed by atoms with Gasteiger partial charge in [0, 0.05) is 0 Å². The van der Waals surface area contributed by atoms with Crippen molar-refractivity contribution < 1.29 is 29.6 Å². The number of aliphatic hydroxyl groups is 2. The van der Waals surface area contributed by atoms with Crippen LogP contribution < -0.4 is 5.73 Å². The van der Waals surface area contributed by atoms with E-state index in [1.807, 2.05) is 0 Å². The van der Waals surface area contributed by atoms with Crippen molar-refractivity contribution in [1.82, 2.24) is 0 Å². The molecule has 0 bridgehead atoms. The van der Waals surface area contributed by atoms with Gasteiger partial charge in [-0.2, -0.15) is 0 Å². The molecular weight excluding hydrogens is 260 g/mol. The first-order valence-electron chi connectivity index (χ1n) is 6.13. The van der Waals surface area contributed by atoms with Gasteiger partial charge in [0.15, 0.2) is 6.23 Å². The van der Waals surface area contributed by atoms with Crippen LogP contribution in [0, 0.1) is 10.1 Å². The summed E-state index contributed by atoms with van der Waals surface area (Å²) in [6.45, 7) is 0.215. The Morgan fingerprint density at radius 3 is 3.00 bits per heavy atom. The molecule has 0 amide bonds. The van der Waals surface area contributed by atoms with Gasteiger partial charge in [-0.25, -0.2) is 0 Å². The van der Waals surface area contributed by atoms with Crippen LogP contribution in [0.15, 0.2) is 0 Å². The summed E-state index contributed by atoms with van der Waals surface area (Å²) in [5.41, 5.74) is 4.20. The molecule has 19 heavy (non-hydrogen) atoms. The van der Waals surface area contributed by atoms with Crippen LogP contribution in [0.4, 0.5) is 0 Å². The molecule has 2 saturated heterocycles. The number of nitrogens with two attached hydrogens (primary N) is 1. The molecular formula is C10H18N2O7. The van der Waals surface area contributed by atoms with Gasteiger partial charge in [-0.05, 0) is 19.3 Å². The van der Waals surface area contributed by atoms with Crippen molar-refractivity contribution in [3.05, 3.63) is 10.1 Å². The first kappa shape index (κ1) is 14.4. The summed E-state index contributed by atoms with van der Waals surface area (Å²) in [5, 5.41) is 29.1. The molecule has 0 aromatic rings. The summed E-state index contributed by atoms with van der Waals surface area (Å²) >= 11 is 0. The van der Waals surface area contributed by atoms with E-state index in [1.165, 1.54) is 0 Å². The second-order valence-electron chi connectivity index (χ2n) is 4.96. The van der Waals surface area contributed by atoms with Gasteiger partial charge in [-0.3, -0.25) is 4.84 Å². The maximum Gasteiger partial charge on any atom is 0.296 e. The first-order valence-corrected chi connectivity index (χ1v) is 6.13. The van der Waals surface area contributed by atoms with Crippen molar-refractivity contribution in [3.63, 3.8) is 0 Å². The summed E-state index contributed by atoms with van der Waals surface area (Å²) in [6.07, 6.45) is -1.81. The summed E-state index contributed by atoms with van der Waals surface area (Å²) in [5.74, 6) is 0. The van der Waals surface area contributed by atoms with Crippen LogP contribution in [0.3, 0.4) is 0 Å². The van der Waals surface area contributed by atoms with Crippen LogP contribution in [0.2, 0.25) is 0 Å². The molecule has 0 spiro atoms. The monoisotopic (exact) mass is 278 g/mol. The maximum absolute atomic E-state index is 10.4. The maximum atomic E-state index is 10.4. The fourth-order valence-corrected chi connectivity index (χ4v) is 2.56. The highest BCUT2D eigenvalue weighted by atomic mass is 17.0. The van der Waals surface area contributed by atoms with Crippen LogP contribution in [0.25, 0.3) is 0 Å². The van der Waals surface area contributed by atoms with Crippen molar-refractivity contribution >= 4 is 0 Å². The van der Waals surface area contributed by atoms with E-state index in [-0.39, 0.29) is 19.6 Å². The minimum Gasteiger partial charge on any atom is -0.388 e. The average Bonchev–Trinajstić information content (AvgIpc) is 2.82. The SMILES string of the molecule is NC(CCC[C@]1(O)CO[C@@H]2[C@@H](O)CO[C@@H]21)O[N+](=O)[O-]. The number of rotatable bonds is 6. The molecule has 0 radical (unpaired) electrons. The lowest BCUT2D eigenvalue weighted by Gasteiger charge is -2.26. The van der Waals surface area contributed by atoms with E-state index < -0.39 is 35.2 Å². The highest BCUT2D eigenvalue weighted by Gasteiger charge is 2.55. The zero-order chi connectivity index (χ0) is 14.0. The number of nitrogens with zero attached hydrogens (tertiary/aromatic N) is 1. The standard InChI is InChI=1S/C10H18N2O7/c11-7(19-12(15)16)2-1-3-10(14)5-18-8-6(13)4-17-9(8)10/h6-9,13-14H,1-5,11H2/t6-,7?,8+,9-,10-/m0/s1. The van der Waals surface area contributed by atoms with Crippen LogP contribution in [-0.2, 0) is 14.3 Å². The first-order chi connectivity index (χ1) is 8.92. The molecule has 4 N–H and O–H groups in total. The Kier molecular flexibility index (Phi) is 4.21. The smallest absolute Gasteiger partial charge is 0.296 e. The Balaban J connectivity index is 1.78. The van der Waals surface area contributed by atoms with Crippen molar-refractivity contribution in [2.45, 2.75) is 49.4 Å². The lowest BCUT2D eigenvalue weighted by molar-refractivity contribution is -0.768. The second-order valence-corrected chi connectivity index (χ2v) is 4.96. The van der Waals surface area contributed by atoms with E-state index in [2.05, 4.69) is 4.84 Å². The van der Waals surface area contributed by atoms with E-state index in [1.54, 1.807) is 0 Å². The van der Waals surface area contributed by atoms with Gasteiger partial charge in [-0.1, -0.05) is 0 Å². The summed E-state index contributed by atoms with van der Waals surface area (Å²) < 4.78 is 10.7. The van der Waals surface area contributed by atoms with E-state index >= 15 is 0 Å². The van der Waals surface area contributed by atoms with Crippen molar-refractivity contribution in [2.24, 2.45) is 5.73 Å². The van der Waals surface area contributed by atoms with Crippen LogP contribution in [-0.4, -0.2) is 58.7 Å². The van der Waals surface area contributed by atoms with E-state index in [9.17, 15) is 20.3 Å². The van der Waals surface area contributed by atoms with Gasteiger partial charge in [0.25, 0.3) is 5.09 Å². The third-order valence-corrected chi connectivity index (χ3v) is 3.50. The predicted octanol–water partition coefficient (Wildman–Crippen LogP) is -1.46. The molecule has 2 rings (SSSR count). The Morgan fingerprint density at radius 2 is 2.32 bits per heavy atom. The minimum atomic E-state index is -1.18. The number of hydrogen-bond donors (Lipinski definition) is 3.